The Morgan fingerprint density at radius 1 is 1.24 bits per heavy atom. The van der Waals surface area contributed by atoms with Crippen molar-refractivity contribution >= 4 is 17.2 Å². The number of pyridine rings is 1. The first kappa shape index (κ1) is 10.4. The van der Waals surface area contributed by atoms with Crippen LogP contribution in [0.3, 0.4) is 0 Å². The highest BCUT2D eigenvalue weighted by Gasteiger charge is 2.18. The molecule has 0 N–H and O–H groups in total. The molecule has 1 aromatic heterocycles. The Morgan fingerprint density at radius 3 is 2.88 bits per heavy atom. The number of aryl methyl sites for hydroxylation is 1. The molecule has 17 heavy (non-hydrogen) atoms. The number of carbonyl (C=O) groups is 1. The van der Waals surface area contributed by atoms with Crippen LogP contribution in [0.5, 0.6) is 0 Å². The molecule has 0 fully saturated rings. The molecule has 0 bridgehead atoms. The second-order valence-corrected chi connectivity index (χ2v) is 4.41. The highest BCUT2D eigenvalue weighted by molar-refractivity contribution is 5.98. The molecule has 2 nitrogen and oxygen atoms in total. The summed E-state index contributed by atoms with van der Waals surface area (Å²) >= 11 is 0. The third-order valence-electron chi connectivity index (χ3n) is 3.41. The molecule has 1 heterocycles. The van der Waals surface area contributed by atoms with E-state index >= 15 is 0 Å². The summed E-state index contributed by atoms with van der Waals surface area (Å²) in [4.78, 5) is 15.6. The molecule has 0 saturated heterocycles. The van der Waals surface area contributed by atoms with Gasteiger partial charge in [-0.1, -0.05) is 12.1 Å². The van der Waals surface area contributed by atoms with Gasteiger partial charge >= 0.3 is 0 Å². The van der Waals surface area contributed by atoms with Crippen molar-refractivity contribution < 1.29 is 9.18 Å². The number of nitrogens with zero attached hydrogens (tertiary/aromatic N) is 1. The minimum absolute atomic E-state index is 0.329. The molecule has 86 valence electrons. The summed E-state index contributed by atoms with van der Waals surface area (Å²) in [6.45, 7) is 0. The van der Waals surface area contributed by atoms with Gasteiger partial charge in [0.2, 0.25) is 0 Å². The summed E-state index contributed by atoms with van der Waals surface area (Å²) in [5.41, 5.74) is 2.87. The summed E-state index contributed by atoms with van der Waals surface area (Å²) in [6, 6.07) is 4.78. The Kier molecular flexibility index (Phi) is 2.39. The number of benzene rings is 1. The average Bonchev–Trinajstić information content (AvgIpc) is 2.37. The number of carbonyl (C=O) groups excluding carboxylic acids is 1. The van der Waals surface area contributed by atoms with E-state index in [1.165, 1.54) is 6.07 Å². The molecule has 0 saturated carbocycles. The summed E-state index contributed by atoms with van der Waals surface area (Å²) in [5.74, 6) is -0.348. The highest BCUT2D eigenvalue weighted by Crippen LogP contribution is 2.29. The maximum Gasteiger partial charge on any atom is 0.151 e. The van der Waals surface area contributed by atoms with Gasteiger partial charge in [-0.3, -0.25) is 4.79 Å². The molecule has 0 aliphatic heterocycles. The smallest absolute Gasteiger partial charge is 0.151 e. The monoisotopic (exact) mass is 229 g/mol. The molecule has 1 aliphatic carbocycles. The molecular formula is C14H12FNO. The number of para-hydroxylation sites is 1. The third-order valence-corrected chi connectivity index (χ3v) is 3.41. The van der Waals surface area contributed by atoms with Crippen molar-refractivity contribution in [3.05, 3.63) is 40.8 Å². The average molecular weight is 229 g/mol. The van der Waals surface area contributed by atoms with E-state index in [1.807, 2.05) is 0 Å². The molecule has 0 atom stereocenters. The topological polar surface area (TPSA) is 30.0 Å². The number of halogens is 1. The number of rotatable bonds is 1. The minimum atomic E-state index is -0.348. The van der Waals surface area contributed by atoms with E-state index in [1.54, 1.807) is 12.1 Å². The summed E-state index contributed by atoms with van der Waals surface area (Å²) < 4.78 is 13.7. The van der Waals surface area contributed by atoms with Crippen molar-refractivity contribution in [3.63, 3.8) is 0 Å². The zero-order valence-corrected chi connectivity index (χ0v) is 9.37. The van der Waals surface area contributed by atoms with Gasteiger partial charge in [0, 0.05) is 16.6 Å². The molecular weight excluding hydrogens is 217 g/mol. The van der Waals surface area contributed by atoms with Gasteiger partial charge in [-0.05, 0) is 37.3 Å². The Morgan fingerprint density at radius 2 is 2.06 bits per heavy atom. The first-order valence-corrected chi connectivity index (χ1v) is 5.86. The number of fused-ring (bicyclic) bond motifs is 2. The Balaban J connectivity index is 2.43. The Bertz CT molecular complexity index is 607. The van der Waals surface area contributed by atoms with Crippen molar-refractivity contribution in [3.8, 4) is 0 Å². The Labute approximate surface area is 98.5 Å². The first-order valence-electron chi connectivity index (χ1n) is 5.86. The van der Waals surface area contributed by atoms with Crippen molar-refractivity contribution in [1.29, 1.82) is 0 Å². The lowest BCUT2D eigenvalue weighted by atomic mass is 9.90. The third kappa shape index (κ3) is 1.54. The normalized spacial score (nSPS) is 14.6. The van der Waals surface area contributed by atoms with Gasteiger partial charge in [-0.15, -0.1) is 0 Å². The first-order chi connectivity index (χ1) is 8.31. The zero-order valence-electron chi connectivity index (χ0n) is 9.37. The molecule has 0 radical (unpaired) electrons. The van der Waals surface area contributed by atoms with Crippen LogP contribution in [0.1, 0.15) is 34.5 Å². The fourth-order valence-electron chi connectivity index (χ4n) is 2.58. The molecule has 2 aromatic rings. The Hall–Kier alpha value is -1.77. The van der Waals surface area contributed by atoms with Gasteiger partial charge in [0.15, 0.2) is 6.29 Å². The molecule has 1 aliphatic rings. The van der Waals surface area contributed by atoms with Gasteiger partial charge in [-0.2, -0.15) is 0 Å². The summed E-state index contributed by atoms with van der Waals surface area (Å²) in [6.07, 6.45) is 4.71. The van der Waals surface area contributed by atoms with E-state index in [4.69, 9.17) is 0 Å². The van der Waals surface area contributed by atoms with Crippen LogP contribution in [0, 0.1) is 5.82 Å². The molecule has 3 rings (SSSR count). The van der Waals surface area contributed by atoms with Crippen molar-refractivity contribution in [2.45, 2.75) is 25.7 Å². The molecule has 0 spiro atoms. The van der Waals surface area contributed by atoms with Crippen LogP contribution in [0.15, 0.2) is 18.2 Å². The van der Waals surface area contributed by atoms with E-state index in [0.29, 0.717) is 16.5 Å². The van der Waals surface area contributed by atoms with Gasteiger partial charge in [0.1, 0.15) is 11.3 Å². The van der Waals surface area contributed by atoms with Crippen LogP contribution in [-0.4, -0.2) is 11.3 Å². The van der Waals surface area contributed by atoms with E-state index in [9.17, 15) is 9.18 Å². The van der Waals surface area contributed by atoms with Crippen molar-refractivity contribution in [1.82, 2.24) is 4.98 Å². The van der Waals surface area contributed by atoms with Crippen LogP contribution in [-0.2, 0) is 12.8 Å². The highest BCUT2D eigenvalue weighted by atomic mass is 19.1. The van der Waals surface area contributed by atoms with E-state index in [-0.39, 0.29) is 5.82 Å². The maximum atomic E-state index is 13.7. The number of aldehydes is 1. The number of hydrogen-bond acceptors (Lipinski definition) is 2. The van der Waals surface area contributed by atoms with Crippen LogP contribution in [0.4, 0.5) is 4.39 Å². The van der Waals surface area contributed by atoms with Crippen LogP contribution in [0.25, 0.3) is 10.9 Å². The van der Waals surface area contributed by atoms with E-state index < -0.39 is 0 Å². The molecule has 1 aromatic carbocycles. The fraction of sp³-hybridized carbons (Fsp3) is 0.286. The lowest BCUT2D eigenvalue weighted by Crippen LogP contribution is -2.10. The summed E-state index contributed by atoms with van der Waals surface area (Å²) in [7, 11) is 0. The summed E-state index contributed by atoms with van der Waals surface area (Å²) in [5, 5.41) is 0.639. The molecule has 0 amide bonds. The molecule has 3 heteroatoms. The van der Waals surface area contributed by atoms with Crippen LogP contribution >= 0.6 is 0 Å². The predicted octanol–water partition coefficient (Wildman–Crippen LogP) is 3.07. The number of aromatic nitrogens is 1. The SMILES string of the molecule is O=Cc1c2c(nc3c(F)cccc13)CCCC2. The maximum absolute atomic E-state index is 13.7. The van der Waals surface area contributed by atoms with E-state index in [0.717, 1.165) is 43.2 Å². The molecule has 0 unspecified atom stereocenters. The standard InChI is InChI=1S/C14H12FNO/c15-12-6-3-5-10-11(8-17)9-4-1-2-7-13(9)16-14(10)12/h3,5-6,8H,1-2,4,7H2. The van der Waals surface area contributed by atoms with E-state index in [2.05, 4.69) is 4.98 Å². The van der Waals surface area contributed by atoms with Crippen LogP contribution in [0.2, 0.25) is 0 Å². The van der Waals surface area contributed by atoms with Gasteiger partial charge in [-0.25, -0.2) is 9.37 Å². The van der Waals surface area contributed by atoms with Gasteiger partial charge in [0.25, 0.3) is 0 Å². The predicted molar refractivity (Wildman–Crippen MR) is 63.7 cm³/mol. The van der Waals surface area contributed by atoms with Crippen molar-refractivity contribution in [2.24, 2.45) is 0 Å². The number of hydrogen-bond donors (Lipinski definition) is 0. The quantitative estimate of drug-likeness (QED) is 0.703. The minimum Gasteiger partial charge on any atom is -0.298 e. The lowest BCUT2D eigenvalue weighted by molar-refractivity contribution is 0.112. The second kappa shape index (κ2) is 3.91. The zero-order chi connectivity index (χ0) is 11.8. The van der Waals surface area contributed by atoms with Crippen molar-refractivity contribution in [2.75, 3.05) is 0 Å². The van der Waals surface area contributed by atoms with Gasteiger partial charge in [0.05, 0.1) is 0 Å². The fourth-order valence-corrected chi connectivity index (χ4v) is 2.58. The second-order valence-electron chi connectivity index (χ2n) is 4.41. The van der Waals surface area contributed by atoms with Gasteiger partial charge < -0.3 is 0 Å². The van der Waals surface area contributed by atoms with Crippen LogP contribution < -0.4 is 0 Å². The lowest BCUT2D eigenvalue weighted by Gasteiger charge is -2.18. The largest absolute Gasteiger partial charge is 0.298 e.